The van der Waals surface area contributed by atoms with E-state index in [9.17, 15) is 14.4 Å². The van der Waals surface area contributed by atoms with E-state index >= 15 is 0 Å². The molecule has 0 spiro atoms. The van der Waals surface area contributed by atoms with Crippen molar-refractivity contribution in [2.24, 2.45) is 0 Å². The Balaban J connectivity index is 1.44. The van der Waals surface area contributed by atoms with E-state index in [-0.39, 0.29) is 33.9 Å². The summed E-state index contributed by atoms with van der Waals surface area (Å²) >= 11 is 6.92. The number of hydrogen-bond acceptors (Lipinski definition) is 7. The molecule has 2 heterocycles. The number of ether oxygens (including phenoxy) is 2. The Bertz CT molecular complexity index is 1280. The SMILES string of the molecule is COC(=O)c1cc(-c2ccc(/C=C3\SC(=O)N(CCOc4ccc(C)cc4)C3=O)o2)ccc1Cl. The van der Waals surface area contributed by atoms with Crippen molar-refractivity contribution in [1.82, 2.24) is 4.90 Å². The van der Waals surface area contributed by atoms with Crippen LogP contribution in [0.3, 0.4) is 0 Å². The lowest BCUT2D eigenvalue weighted by Gasteiger charge is -2.13. The molecule has 0 saturated carbocycles. The molecular weight excluding hydrogens is 478 g/mol. The number of nitrogens with zero attached hydrogens (tertiary/aromatic N) is 1. The number of aryl methyl sites for hydroxylation is 1. The smallest absolute Gasteiger partial charge is 0.339 e. The summed E-state index contributed by atoms with van der Waals surface area (Å²) in [6.45, 7) is 2.31. The zero-order valence-corrected chi connectivity index (χ0v) is 19.9. The van der Waals surface area contributed by atoms with Gasteiger partial charge in [0.15, 0.2) is 0 Å². The van der Waals surface area contributed by atoms with Crippen LogP contribution in [0.2, 0.25) is 5.02 Å². The Kier molecular flexibility index (Phi) is 7.09. The lowest BCUT2D eigenvalue weighted by atomic mass is 10.1. The Morgan fingerprint density at radius 1 is 1.12 bits per heavy atom. The summed E-state index contributed by atoms with van der Waals surface area (Å²) in [5.74, 6) is 0.581. The Hall–Kier alpha value is -3.49. The molecule has 1 aliphatic heterocycles. The van der Waals surface area contributed by atoms with Gasteiger partial charge in [-0.1, -0.05) is 29.3 Å². The molecule has 1 aromatic heterocycles. The van der Waals surface area contributed by atoms with Gasteiger partial charge in [0.2, 0.25) is 0 Å². The molecule has 4 rings (SSSR count). The lowest BCUT2D eigenvalue weighted by molar-refractivity contribution is -0.123. The van der Waals surface area contributed by atoms with Gasteiger partial charge in [-0.3, -0.25) is 14.5 Å². The monoisotopic (exact) mass is 497 g/mol. The van der Waals surface area contributed by atoms with E-state index in [0.29, 0.717) is 22.8 Å². The standard InChI is InChI=1S/C25H20ClNO6S/c1-15-3-6-17(7-4-15)32-12-11-27-23(28)22(34-25(27)30)14-18-8-10-21(33-18)16-5-9-20(26)19(13-16)24(29)31-2/h3-10,13-14H,11-12H2,1-2H3/b22-14-. The highest BCUT2D eigenvalue weighted by molar-refractivity contribution is 8.18. The minimum Gasteiger partial charge on any atom is -0.492 e. The van der Waals surface area contributed by atoms with Crippen molar-refractivity contribution in [3.05, 3.63) is 81.4 Å². The van der Waals surface area contributed by atoms with Crippen molar-refractivity contribution < 1.29 is 28.3 Å². The van der Waals surface area contributed by atoms with Gasteiger partial charge < -0.3 is 13.9 Å². The molecule has 34 heavy (non-hydrogen) atoms. The zero-order chi connectivity index (χ0) is 24.2. The quantitative estimate of drug-likeness (QED) is 0.300. The third-order valence-corrected chi connectivity index (χ3v) is 6.27. The maximum absolute atomic E-state index is 12.7. The topological polar surface area (TPSA) is 86.0 Å². The fraction of sp³-hybridized carbons (Fsp3) is 0.160. The zero-order valence-electron chi connectivity index (χ0n) is 18.4. The first-order valence-electron chi connectivity index (χ1n) is 10.3. The maximum atomic E-state index is 12.7. The van der Waals surface area contributed by atoms with E-state index < -0.39 is 11.9 Å². The predicted octanol–water partition coefficient (Wildman–Crippen LogP) is 5.81. The number of methoxy groups -OCH3 is 1. The van der Waals surface area contributed by atoms with Gasteiger partial charge in [-0.2, -0.15) is 0 Å². The Labute approximate surface area is 205 Å². The van der Waals surface area contributed by atoms with Gasteiger partial charge in [-0.05, 0) is 61.2 Å². The fourth-order valence-electron chi connectivity index (χ4n) is 3.24. The number of esters is 1. The summed E-state index contributed by atoms with van der Waals surface area (Å²) in [5, 5.41) is -0.0987. The van der Waals surface area contributed by atoms with Crippen LogP contribution in [0.5, 0.6) is 5.75 Å². The van der Waals surface area contributed by atoms with Gasteiger partial charge in [0.05, 0.1) is 29.1 Å². The van der Waals surface area contributed by atoms with E-state index in [1.807, 2.05) is 31.2 Å². The number of hydrogen-bond donors (Lipinski definition) is 0. The van der Waals surface area contributed by atoms with Gasteiger partial charge in [0.25, 0.3) is 11.1 Å². The van der Waals surface area contributed by atoms with E-state index in [4.69, 9.17) is 25.5 Å². The average molecular weight is 498 g/mol. The molecule has 2 amide bonds. The van der Waals surface area contributed by atoms with Crippen LogP contribution in [0.1, 0.15) is 21.7 Å². The third kappa shape index (κ3) is 5.18. The van der Waals surface area contributed by atoms with Crippen molar-refractivity contribution in [3.8, 4) is 17.1 Å². The first kappa shape index (κ1) is 23.7. The van der Waals surface area contributed by atoms with E-state index in [1.54, 1.807) is 30.3 Å². The molecule has 0 N–H and O–H groups in total. The largest absolute Gasteiger partial charge is 0.492 e. The highest BCUT2D eigenvalue weighted by Crippen LogP contribution is 2.34. The summed E-state index contributed by atoms with van der Waals surface area (Å²) in [6, 6.07) is 15.8. The normalized spacial score (nSPS) is 14.7. The molecular formula is C25H20ClNO6S. The summed E-state index contributed by atoms with van der Waals surface area (Å²) in [4.78, 5) is 38.4. The second-order valence-electron chi connectivity index (χ2n) is 7.38. The first-order valence-corrected chi connectivity index (χ1v) is 11.5. The van der Waals surface area contributed by atoms with Crippen molar-refractivity contribution in [3.63, 3.8) is 0 Å². The number of benzene rings is 2. The number of imide groups is 1. The van der Waals surface area contributed by atoms with Crippen molar-refractivity contribution >= 4 is 46.6 Å². The van der Waals surface area contributed by atoms with Crippen LogP contribution in [0.15, 0.2) is 63.9 Å². The fourth-order valence-corrected chi connectivity index (χ4v) is 4.28. The Morgan fingerprint density at radius 2 is 1.88 bits per heavy atom. The second kappa shape index (κ2) is 10.2. The number of amides is 2. The van der Waals surface area contributed by atoms with Crippen LogP contribution in [0.25, 0.3) is 17.4 Å². The molecule has 2 aromatic carbocycles. The van der Waals surface area contributed by atoms with Crippen LogP contribution in [0, 0.1) is 6.92 Å². The molecule has 1 fully saturated rings. The minimum absolute atomic E-state index is 0.139. The number of carbonyl (C=O) groups excluding carboxylic acids is 3. The molecule has 1 saturated heterocycles. The lowest BCUT2D eigenvalue weighted by Crippen LogP contribution is -2.32. The van der Waals surface area contributed by atoms with Gasteiger partial charge in [0.1, 0.15) is 23.9 Å². The molecule has 0 bridgehead atoms. The highest BCUT2D eigenvalue weighted by atomic mass is 35.5. The Morgan fingerprint density at radius 3 is 2.62 bits per heavy atom. The third-order valence-electron chi connectivity index (χ3n) is 5.03. The van der Waals surface area contributed by atoms with E-state index in [1.165, 1.54) is 13.2 Å². The average Bonchev–Trinajstić information content (AvgIpc) is 3.40. The number of furan rings is 1. The van der Waals surface area contributed by atoms with Gasteiger partial charge >= 0.3 is 5.97 Å². The van der Waals surface area contributed by atoms with Gasteiger partial charge in [0, 0.05) is 11.6 Å². The number of carbonyl (C=O) groups is 3. The molecule has 0 aliphatic carbocycles. The molecule has 3 aromatic rings. The number of thioether (sulfide) groups is 1. The molecule has 0 radical (unpaired) electrons. The molecule has 0 atom stereocenters. The first-order chi connectivity index (χ1) is 16.4. The van der Waals surface area contributed by atoms with Crippen molar-refractivity contribution in [1.29, 1.82) is 0 Å². The minimum atomic E-state index is -0.557. The molecule has 174 valence electrons. The molecule has 9 heteroatoms. The second-order valence-corrected chi connectivity index (χ2v) is 8.78. The van der Waals surface area contributed by atoms with Crippen LogP contribution >= 0.6 is 23.4 Å². The van der Waals surface area contributed by atoms with E-state index in [2.05, 4.69) is 0 Å². The molecule has 7 nitrogen and oxygen atoms in total. The van der Waals surface area contributed by atoms with Crippen LogP contribution in [0.4, 0.5) is 4.79 Å². The van der Waals surface area contributed by atoms with Crippen LogP contribution in [-0.4, -0.2) is 42.3 Å². The maximum Gasteiger partial charge on any atom is 0.339 e. The summed E-state index contributed by atoms with van der Waals surface area (Å²) in [6.07, 6.45) is 1.52. The summed E-state index contributed by atoms with van der Waals surface area (Å²) < 4.78 is 16.2. The number of rotatable bonds is 7. The number of halogens is 1. The van der Waals surface area contributed by atoms with Crippen LogP contribution in [-0.2, 0) is 9.53 Å². The summed E-state index contributed by atoms with van der Waals surface area (Å²) in [5.41, 5.74) is 1.95. The summed E-state index contributed by atoms with van der Waals surface area (Å²) in [7, 11) is 1.28. The van der Waals surface area contributed by atoms with Crippen molar-refractivity contribution in [2.75, 3.05) is 20.3 Å². The highest BCUT2D eigenvalue weighted by Gasteiger charge is 2.35. The predicted molar refractivity (Wildman–Crippen MR) is 130 cm³/mol. The van der Waals surface area contributed by atoms with Gasteiger partial charge in [-0.25, -0.2) is 4.79 Å². The van der Waals surface area contributed by atoms with Gasteiger partial charge in [-0.15, -0.1) is 0 Å². The van der Waals surface area contributed by atoms with E-state index in [0.717, 1.165) is 22.2 Å². The molecule has 1 aliphatic rings. The molecule has 0 unspecified atom stereocenters. The van der Waals surface area contributed by atoms with Crippen LogP contribution < -0.4 is 4.74 Å². The van der Waals surface area contributed by atoms with Crippen molar-refractivity contribution in [2.45, 2.75) is 6.92 Å².